The first-order chi connectivity index (χ1) is 10.0. The van der Waals surface area contributed by atoms with Gasteiger partial charge in [-0.1, -0.05) is 6.07 Å². The average molecular weight is 280 g/mol. The number of nitrogens with zero attached hydrogens (tertiary/aromatic N) is 1. The van der Waals surface area contributed by atoms with Crippen LogP contribution in [0.5, 0.6) is 0 Å². The monoisotopic (exact) mass is 280 g/mol. The number of benzene rings is 2. The van der Waals surface area contributed by atoms with Crippen LogP contribution in [0, 0.1) is 18.3 Å². The fourth-order valence-corrected chi connectivity index (χ4v) is 1.83. The van der Waals surface area contributed by atoms with Crippen LogP contribution in [-0.4, -0.2) is 17.0 Å². The van der Waals surface area contributed by atoms with Crippen molar-refractivity contribution < 1.29 is 14.7 Å². The van der Waals surface area contributed by atoms with E-state index in [1.807, 2.05) is 6.07 Å². The first-order valence-electron chi connectivity index (χ1n) is 6.16. The molecule has 0 aliphatic rings. The molecular weight excluding hydrogens is 268 g/mol. The van der Waals surface area contributed by atoms with Crippen molar-refractivity contribution in [3.63, 3.8) is 0 Å². The zero-order valence-electron chi connectivity index (χ0n) is 11.3. The number of hydrogen-bond donors (Lipinski definition) is 2. The fourth-order valence-electron chi connectivity index (χ4n) is 1.83. The molecule has 0 aliphatic carbocycles. The van der Waals surface area contributed by atoms with Crippen molar-refractivity contribution >= 4 is 17.6 Å². The van der Waals surface area contributed by atoms with E-state index in [0.717, 1.165) is 0 Å². The maximum atomic E-state index is 12.0. The van der Waals surface area contributed by atoms with E-state index in [1.54, 1.807) is 43.3 Å². The van der Waals surface area contributed by atoms with Crippen LogP contribution in [0.1, 0.15) is 31.8 Å². The van der Waals surface area contributed by atoms with Crippen molar-refractivity contribution in [2.75, 3.05) is 5.32 Å². The molecule has 2 aromatic carbocycles. The fraction of sp³-hybridized carbons (Fsp3) is 0.0625. The standard InChI is InChI=1S/C16H12N2O3/c1-10-2-7-13(8-14(10)16(20)21)18-15(19)12-5-3-11(9-17)4-6-12/h2-8H,1H3,(H,18,19)(H,20,21). The summed E-state index contributed by atoms with van der Waals surface area (Å²) in [6.45, 7) is 1.69. The molecule has 21 heavy (non-hydrogen) atoms. The summed E-state index contributed by atoms with van der Waals surface area (Å²) in [5.41, 5.74) is 2.04. The van der Waals surface area contributed by atoms with Gasteiger partial charge in [0.2, 0.25) is 0 Å². The van der Waals surface area contributed by atoms with Gasteiger partial charge < -0.3 is 10.4 Å². The third-order valence-electron chi connectivity index (χ3n) is 3.00. The van der Waals surface area contributed by atoms with Crippen molar-refractivity contribution in [1.82, 2.24) is 0 Å². The van der Waals surface area contributed by atoms with Gasteiger partial charge in [0.15, 0.2) is 0 Å². The Balaban J connectivity index is 2.21. The SMILES string of the molecule is Cc1ccc(NC(=O)c2ccc(C#N)cc2)cc1C(=O)O. The highest BCUT2D eigenvalue weighted by atomic mass is 16.4. The minimum absolute atomic E-state index is 0.146. The van der Waals surface area contributed by atoms with Crippen molar-refractivity contribution in [1.29, 1.82) is 5.26 Å². The Bertz CT molecular complexity index is 743. The van der Waals surface area contributed by atoms with Crippen molar-refractivity contribution in [2.45, 2.75) is 6.92 Å². The Labute approximate surface area is 121 Å². The van der Waals surface area contributed by atoms with Gasteiger partial charge in [-0.25, -0.2) is 4.79 Å². The third kappa shape index (κ3) is 3.25. The second-order valence-corrected chi connectivity index (χ2v) is 4.48. The van der Waals surface area contributed by atoms with Crippen molar-refractivity contribution in [3.8, 4) is 6.07 Å². The molecule has 0 saturated carbocycles. The van der Waals surface area contributed by atoms with Crippen LogP contribution in [0.4, 0.5) is 5.69 Å². The summed E-state index contributed by atoms with van der Waals surface area (Å²) in [4.78, 5) is 23.1. The van der Waals surface area contributed by atoms with Gasteiger partial charge in [0.1, 0.15) is 0 Å². The highest BCUT2D eigenvalue weighted by Gasteiger charge is 2.10. The normalized spacial score (nSPS) is 9.71. The van der Waals surface area contributed by atoms with Crippen LogP contribution >= 0.6 is 0 Å². The Morgan fingerprint density at radius 2 is 1.81 bits per heavy atom. The second kappa shape index (κ2) is 5.88. The number of carboxylic acids is 1. The van der Waals surface area contributed by atoms with E-state index in [2.05, 4.69) is 5.32 Å². The smallest absolute Gasteiger partial charge is 0.336 e. The van der Waals surface area contributed by atoms with Crippen LogP contribution < -0.4 is 5.32 Å². The number of aryl methyl sites for hydroxylation is 1. The predicted octanol–water partition coefficient (Wildman–Crippen LogP) is 2.82. The molecule has 0 aliphatic heterocycles. The van der Waals surface area contributed by atoms with Crippen LogP contribution in [-0.2, 0) is 0 Å². The average Bonchev–Trinajstić information content (AvgIpc) is 2.49. The molecule has 0 atom stereocenters. The molecule has 0 saturated heterocycles. The summed E-state index contributed by atoms with van der Waals surface area (Å²) < 4.78 is 0. The minimum Gasteiger partial charge on any atom is -0.478 e. The highest BCUT2D eigenvalue weighted by Crippen LogP contribution is 2.16. The molecule has 5 heteroatoms. The van der Waals surface area contributed by atoms with Crippen molar-refractivity contribution in [2.24, 2.45) is 0 Å². The maximum absolute atomic E-state index is 12.0. The Morgan fingerprint density at radius 1 is 1.14 bits per heavy atom. The van der Waals surface area contributed by atoms with E-state index in [-0.39, 0.29) is 11.5 Å². The van der Waals surface area contributed by atoms with Crippen LogP contribution in [0.25, 0.3) is 0 Å². The highest BCUT2D eigenvalue weighted by molar-refractivity contribution is 6.05. The van der Waals surface area contributed by atoms with Crippen LogP contribution in [0.2, 0.25) is 0 Å². The second-order valence-electron chi connectivity index (χ2n) is 4.48. The lowest BCUT2D eigenvalue weighted by Gasteiger charge is -2.08. The summed E-state index contributed by atoms with van der Waals surface area (Å²) in [7, 11) is 0. The number of anilines is 1. The number of carbonyl (C=O) groups is 2. The number of aromatic carboxylic acids is 1. The number of nitriles is 1. The zero-order chi connectivity index (χ0) is 15.4. The van der Waals surface area contributed by atoms with Crippen LogP contribution in [0.15, 0.2) is 42.5 Å². The number of carbonyl (C=O) groups excluding carboxylic acids is 1. The Kier molecular flexibility index (Phi) is 4.00. The zero-order valence-corrected chi connectivity index (χ0v) is 11.3. The summed E-state index contributed by atoms with van der Waals surface area (Å²) in [6, 6.07) is 12.8. The summed E-state index contributed by atoms with van der Waals surface area (Å²) in [5.74, 6) is -1.40. The Morgan fingerprint density at radius 3 is 2.38 bits per heavy atom. The Hall–Kier alpha value is -3.13. The first-order valence-corrected chi connectivity index (χ1v) is 6.16. The molecule has 2 aromatic rings. The minimum atomic E-state index is -1.04. The van der Waals surface area contributed by atoms with E-state index in [1.165, 1.54) is 6.07 Å². The molecular formula is C16H12N2O3. The van der Waals surface area contributed by atoms with Gasteiger partial charge in [-0.3, -0.25) is 4.79 Å². The third-order valence-corrected chi connectivity index (χ3v) is 3.00. The van der Waals surface area contributed by atoms with E-state index in [0.29, 0.717) is 22.4 Å². The van der Waals surface area contributed by atoms with E-state index >= 15 is 0 Å². The quantitative estimate of drug-likeness (QED) is 0.904. The van der Waals surface area contributed by atoms with Gasteiger partial charge in [0.25, 0.3) is 5.91 Å². The number of hydrogen-bond acceptors (Lipinski definition) is 3. The van der Waals surface area contributed by atoms with E-state index in [4.69, 9.17) is 10.4 Å². The largest absolute Gasteiger partial charge is 0.478 e. The summed E-state index contributed by atoms with van der Waals surface area (Å²) >= 11 is 0. The number of nitrogens with one attached hydrogen (secondary N) is 1. The molecule has 2 rings (SSSR count). The van der Waals surface area contributed by atoms with E-state index < -0.39 is 5.97 Å². The van der Waals surface area contributed by atoms with Gasteiger partial charge in [0.05, 0.1) is 17.2 Å². The summed E-state index contributed by atoms with van der Waals surface area (Å²) in [6.07, 6.45) is 0. The van der Waals surface area contributed by atoms with Gasteiger partial charge in [0, 0.05) is 11.3 Å². The first kappa shape index (κ1) is 14.3. The van der Waals surface area contributed by atoms with Gasteiger partial charge in [-0.2, -0.15) is 5.26 Å². The molecule has 0 spiro atoms. The topological polar surface area (TPSA) is 90.2 Å². The number of rotatable bonds is 3. The lowest BCUT2D eigenvalue weighted by molar-refractivity contribution is 0.0695. The molecule has 0 heterocycles. The number of carboxylic acid groups (broad SMARTS) is 1. The molecule has 0 fully saturated rings. The molecule has 5 nitrogen and oxygen atoms in total. The van der Waals surface area contributed by atoms with Crippen molar-refractivity contribution in [3.05, 3.63) is 64.7 Å². The predicted molar refractivity (Wildman–Crippen MR) is 77.2 cm³/mol. The molecule has 0 bridgehead atoms. The molecule has 0 aromatic heterocycles. The molecule has 2 N–H and O–H groups in total. The molecule has 0 unspecified atom stereocenters. The van der Waals surface area contributed by atoms with Gasteiger partial charge in [-0.05, 0) is 48.9 Å². The van der Waals surface area contributed by atoms with Crippen LogP contribution in [0.3, 0.4) is 0 Å². The molecule has 1 amide bonds. The van der Waals surface area contributed by atoms with Gasteiger partial charge >= 0.3 is 5.97 Å². The molecule has 104 valence electrons. The molecule has 0 radical (unpaired) electrons. The number of amides is 1. The lowest BCUT2D eigenvalue weighted by atomic mass is 10.1. The lowest BCUT2D eigenvalue weighted by Crippen LogP contribution is -2.12. The van der Waals surface area contributed by atoms with Gasteiger partial charge in [-0.15, -0.1) is 0 Å². The van der Waals surface area contributed by atoms with E-state index in [9.17, 15) is 9.59 Å². The summed E-state index contributed by atoms with van der Waals surface area (Å²) in [5, 5.41) is 20.4. The maximum Gasteiger partial charge on any atom is 0.336 e.